The van der Waals surface area contributed by atoms with Gasteiger partial charge in [-0.2, -0.15) is 0 Å². The number of methoxy groups -OCH3 is 1. The molecular formula is C22H24N2O3. The Balaban J connectivity index is 2.07. The Bertz CT molecular complexity index is 1050. The van der Waals surface area contributed by atoms with Gasteiger partial charge in [0.2, 0.25) is 0 Å². The van der Waals surface area contributed by atoms with E-state index in [0.717, 1.165) is 33.3 Å². The Morgan fingerprint density at radius 1 is 1.04 bits per heavy atom. The van der Waals surface area contributed by atoms with Gasteiger partial charge < -0.3 is 14.6 Å². The van der Waals surface area contributed by atoms with Crippen molar-refractivity contribution in [1.82, 2.24) is 4.98 Å². The largest absolute Gasteiger partial charge is 0.375 e. The Morgan fingerprint density at radius 2 is 1.74 bits per heavy atom. The van der Waals surface area contributed by atoms with Gasteiger partial charge in [0.15, 0.2) is 0 Å². The average molecular weight is 364 g/mol. The van der Waals surface area contributed by atoms with Crippen molar-refractivity contribution in [2.75, 3.05) is 18.6 Å². The van der Waals surface area contributed by atoms with Crippen molar-refractivity contribution in [3.05, 3.63) is 75.1 Å². The summed E-state index contributed by atoms with van der Waals surface area (Å²) in [6.07, 6.45) is 0. The summed E-state index contributed by atoms with van der Waals surface area (Å²) in [6, 6.07) is 13.7. The summed E-state index contributed by atoms with van der Waals surface area (Å²) >= 11 is 0. The van der Waals surface area contributed by atoms with Gasteiger partial charge in [0.05, 0.1) is 6.54 Å². The summed E-state index contributed by atoms with van der Waals surface area (Å²) in [5.41, 5.74) is 5.07. The number of anilines is 1. The Kier molecular flexibility index (Phi) is 5.42. The van der Waals surface area contributed by atoms with Gasteiger partial charge in [-0.1, -0.05) is 23.8 Å². The molecule has 0 radical (unpaired) electrons. The number of nitrogens with one attached hydrogen (secondary N) is 1. The molecule has 2 aromatic carbocycles. The number of pyridine rings is 1. The van der Waals surface area contributed by atoms with E-state index < -0.39 is 0 Å². The number of nitrogens with zero attached hydrogens (tertiary/aromatic N) is 1. The first-order valence-electron chi connectivity index (χ1n) is 8.88. The van der Waals surface area contributed by atoms with Crippen LogP contribution in [0.25, 0.3) is 10.9 Å². The molecule has 5 nitrogen and oxygen atoms in total. The second kappa shape index (κ2) is 7.76. The zero-order valence-corrected chi connectivity index (χ0v) is 16.1. The molecule has 1 heterocycles. The van der Waals surface area contributed by atoms with Gasteiger partial charge in [-0.05, 0) is 61.5 Å². The number of hydrogen-bond donors (Lipinski definition) is 1. The number of hydrogen-bond acceptors (Lipinski definition) is 3. The lowest BCUT2D eigenvalue weighted by Gasteiger charge is -2.25. The zero-order chi connectivity index (χ0) is 19.6. The van der Waals surface area contributed by atoms with E-state index in [1.807, 2.05) is 63.2 Å². The number of amides is 1. The number of aromatic nitrogens is 1. The van der Waals surface area contributed by atoms with Crippen LogP contribution < -0.4 is 10.5 Å². The summed E-state index contributed by atoms with van der Waals surface area (Å²) in [6.45, 7) is 6.09. The number of H-pyrrole nitrogens is 1. The van der Waals surface area contributed by atoms with Gasteiger partial charge >= 0.3 is 0 Å². The molecule has 0 aliphatic heterocycles. The highest BCUT2D eigenvalue weighted by Crippen LogP contribution is 2.24. The van der Waals surface area contributed by atoms with E-state index in [4.69, 9.17) is 4.74 Å². The lowest BCUT2D eigenvalue weighted by atomic mass is 10.1. The zero-order valence-electron chi connectivity index (χ0n) is 16.1. The predicted molar refractivity (Wildman–Crippen MR) is 108 cm³/mol. The van der Waals surface area contributed by atoms with E-state index in [2.05, 4.69) is 4.98 Å². The maximum atomic E-state index is 12.7. The number of rotatable bonds is 5. The first kappa shape index (κ1) is 18.9. The fraction of sp³-hybridized carbons (Fsp3) is 0.273. The topological polar surface area (TPSA) is 62.4 Å². The van der Waals surface area contributed by atoms with E-state index in [1.54, 1.807) is 4.90 Å². The molecule has 27 heavy (non-hydrogen) atoms. The van der Waals surface area contributed by atoms with E-state index in [0.29, 0.717) is 5.56 Å². The molecule has 0 saturated carbocycles. The number of fused-ring (bicyclic) bond motifs is 1. The van der Waals surface area contributed by atoms with Gasteiger partial charge in [0.25, 0.3) is 11.5 Å². The molecule has 0 unspecified atom stereocenters. The van der Waals surface area contributed by atoms with Crippen molar-refractivity contribution in [3.8, 4) is 0 Å². The van der Waals surface area contributed by atoms with Gasteiger partial charge in [0.1, 0.15) is 6.61 Å². The molecule has 0 bridgehead atoms. The van der Waals surface area contributed by atoms with Gasteiger partial charge in [0, 0.05) is 23.9 Å². The third kappa shape index (κ3) is 4.09. The number of aromatic amines is 1. The monoisotopic (exact) mass is 364 g/mol. The van der Waals surface area contributed by atoms with Crippen molar-refractivity contribution in [2.45, 2.75) is 27.3 Å². The molecule has 1 N–H and O–H groups in total. The molecule has 3 aromatic rings. The van der Waals surface area contributed by atoms with Crippen LogP contribution in [0.4, 0.5) is 5.69 Å². The molecule has 0 spiro atoms. The lowest BCUT2D eigenvalue weighted by molar-refractivity contribution is -0.122. The molecule has 5 heteroatoms. The summed E-state index contributed by atoms with van der Waals surface area (Å²) < 4.78 is 5.05. The van der Waals surface area contributed by atoms with Crippen LogP contribution in [0, 0.1) is 20.8 Å². The van der Waals surface area contributed by atoms with Crippen molar-refractivity contribution >= 4 is 22.5 Å². The smallest absolute Gasteiger partial charge is 0.253 e. The highest BCUT2D eigenvalue weighted by atomic mass is 16.5. The predicted octanol–water partition coefficient (Wildman–Crippen LogP) is 3.63. The third-order valence-corrected chi connectivity index (χ3v) is 4.63. The van der Waals surface area contributed by atoms with Crippen LogP contribution in [0.2, 0.25) is 0 Å². The van der Waals surface area contributed by atoms with Crippen molar-refractivity contribution in [3.63, 3.8) is 0 Å². The number of carbonyl (C=O) groups is 1. The molecule has 0 fully saturated rings. The Hall–Kier alpha value is -2.92. The second-order valence-electron chi connectivity index (χ2n) is 6.92. The van der Waals surface area contributed by atoms with Crippen molar-refractivity contribution in [1.29, 1.82) is 0 Å². The summed E-state index contributed by atoms with van der Waals surface area (Å²) in [5, 5.41) is 0.949. The second-order valence-corrected chi connectivity index (χ2v) is 6.92. The minimum Gasteiger partial charge on any atom is -0.375 e. The fourth-order valence-electron chi connectivity index (χ4n) is 3.18. The van der Waals surface area contributed by atoms with Crippen LogP contribution in [0.5, 0.6) is 0 Å². The average Bonchev–Trinajstić information content (AvgIpc) is 2.62. The van der Waals surface area contributed by atoms with Crippen LogP contribution in [-0.4, -0.2) is 24.6 Å². The third-order valence-electron chi connectivity index (χ3n) is 4.63. The number of ether oxygens (including phenoxy) is 1. The summed E-state index contributed by atoms with van der Waals surface area (Å²) in [5.74, 6) is -0.185. The summed E-state index contributed by atoms with van der Waals surface area (Å²) in [7, 11) is 1.49. The Labute approximate surface area is 158 Å². The van der Waals surface area contributed by atoms with Gasteiger partial charge in [-0.3, -0.25) is 9.59 Å². The van der Waals surface area contributed by atoms with Gasteiger partial charge in [-0.15, -0.1) is 0 Å². The van der Waals surface area contributed by atoms with Crippen LogP contribution in [0.15, 0.2) is 47.3 Å². The van der Waals surface area contributed by atoms with Crippen molar-refractivity contribution in [2.24, 2.45) is 0 Å². The van der Waals surface area contributed by atoms with Crippen LogP contribution in [-0.2, 0) is 16.1 Å². The molecule has 1 amide bonds. The van der Waals surface area contributed by atoms with Gasteiger partial charge in [-0.25, -0.2) is 0 Å². The lowest BCUT2D eigenvalue weighted by Crippen LogP contribution is -2.35. The van der Waals surface area contributed by atoms with E-state index in [1.165, 1.54) is 7.11 Å². The van der Waals surface area contributed by atoms with Crippen LogP contribution in [0.1, 0.15) is 22.3 Å². The molecular weight excluding hydrogens is 340 g/mol. The molecule has 0 saturated heterocycles. The fourth-order valence-corrected chi connectivity index (χ4v) is 3.18. The maximum absolute atomic E-state index is 12.7. The highest BCUT2D eigenvalue weighted by Gasteiger charge is 2.20. The normalized spacial score (nSPS) is 11.0. The highest BCUT2D eigenvalue weighted by molar-refractivity contribution is 5.95. The molecule has 0 aliphatic carbocycles. The van der Waals surface area contributed by atoms with E-state index >= 15 is 0 Å². The van der Waals surface area contributed by atoms with E-state index in [-0.39, 0.29) is 24.6 Å². The van der Waals surface area contributed by atoms with Crippen LogP contribution in [0.3, 0.4) is 0 Å². The molecule has 3 rings (SSSR count). The van der Waals surface area contributed by atoms with E-state index in [9.17, 15) is 9.59 Å². The molecule has 1 aromatic heterocycles. The molecule has 0 atom stereocenters. The standard InChI is InChI=1S/C22H24N2O3/c1-14-6-8-19-17(9-14)11-18(22(26)23-19)12-24(21(25)13-27-4)20-10-15(2)5-7-16(20)3/h5-11H,12-13H2,1-4H3,(H,23,26). The SMILES string of the molecule is COCC(=O)N(Cc1cc2cc(C)ccc2[nH]c1=O)c1cc(C)ccc1C. The first-order valence-corrected chi connectivity index (χ1v) is 8.88. The number of benzene rings is 2. The van der Waals surface area contributed by atoms with Crippen molar-refractivity contribution < 1.29 is 9.53 Å². The molecule has 0 aliphatic rings. The first-order chi connectivity index (χ1) is 12.9. The van der Waals surface area contributed by atoms with Crippen LogP contribution >= 0.6 is 0 Å². The Morgan fingerprint density at radius 3 is 2.48 bits per heavy atom. The summed E-state index contributed by atoms with van der Waals surface area (Å²) in [4.78, 5) is 29.9. The quantitative estimate of drug-likeness (QED) is 0.752. The number of aryl methyl sites for hydroxylation is 3. The minimum absolute atomic E-state index is 0.0437. The maximum Gasteiger partial charge on any atom is 0.253 e. The minimum atomic E-state index is -0.188. The molecule has 140 valence electrons. The number of carbonyl (C=O) groups excluding carboxylic acids is 1.